The van der Waals surface area contributed by atoms with E-state index in [0.29, 0.717) is 5.56 Å². The number of anilines is 1. The molecule has 0 bridgehead atoms. The molecule has 0 aliphatic carbocycles. The predicted molar refractivity (Wildman–Crippen MR) is 64.0 cm³/mol. The van der Waals surface area contributed by atoms with Crippen molar-refractivity contribution < 1.29 is 9.53 Å². The number of ketones is 1. The summed E-state index contributed by atoms with van der Waals surface area (Å²) >= 11 is 0. The zero-order chi connectivity index (χ0) is 12.0. The van der Waals surface area contributed by atoms with Crippen molar-refractivity contribution in [1.82, 2.24) is 4.98 Å². The Morgan fingerprint density at radius 1 is 1.56 bits per heavy atom. The third kappa shape index (κ3) is 3.62. The van der Waals surface area contributed by atoms with Gasteiger partial charge in [0.05, 0.1) is 0 Å². The van der Waals surface area contributed by atoms with Crippen LogP contribution in [0.3, 0.4) is 0 Å². The fraction of sp³-hybridized carbons (Fsp3) is 0.500. The number of hydrogen-bond donors (Lipinski definition) is 0. The average Bonchev–Trinajstić information content (AvgIpc) is 2.29. The van der Waals surface area contributed by atoms with E-state index < -0.39 is 0 Å². The van der Waals surface area contributed by atoms with Gasteiger partial charge < -0.3 is 9.64 Å². The van der Waals surface area contributed by atoms with Crippen molar-refractivity contribution in [2.75, 3.05) is 32.2 Å². The van der Waals surface area contributed by atoms with Crippen LogP contribution in [0.2, 0.25) is 0 Å². The first kappa shape index (κ1) is 12.6. The molecule has 1 aromatic rings. The molecule has 0 amide bonds. The van der Waals surface area contributed by atoms with Crippen molar-refractivity contribution in [3.8, 4) is 0 Å². The second-order valence-electron chi connectivity index (χ2n) is 3.73. The highest BCUT2D eigenvalue weighted by Gasteiger charge is 2.05. The van der Waals surface area contributed by atoms with E-state index in [1.54, 1.807) is 26.3 Å². The van der Waals surface area contributed by atoms with Crippen LogP contribution in [-0.4, -0.2) is 38.1 Å². The number of hydrogen-bond acceptors (Lipinski definition) is 4. The first-order chi connectivity index (χ1) is 7.65. The van der Waals surface area contributed by atoms with Crippen LogP contribution in [0.1, 0.15) is 23.7 Å². The summed E-state index contributed by atoms with van der Waals surface area (Å²) < 4.78 is 4.99. The van der Waals surface area contributed by atoms with E-state index in [1.165, 1.54) is 0 Å². The molecule has 88 valence electrons. The molecule has 0 aromatic carbocycles. The van der Waals surface area contributed by atoms with E-state index >= 15 is 0 Å². The lowest BCUT2D eigenvalue weighted by molar-refractivity contribution is 0.101. The monoisotopic (exact) mass is 222 g/mol. The van der Waals surface area contributed by atoms with E-state index in [-0.39, 0.29) is 5.78 Å². The number of nitrogens with zero attached hydrogens (tertiary/aromatic N) is 2. The molecule has 0 unspecified atom stereocenters. The minimum absolute atomic E-state index is 0.0638. The summed E-state index contributed by atoms with van der Waals surface area (Å²) in [6.45, 7) is 3.16. The van der Waals surface area contributed by atoms with E-state index in [2.05, 4.69) is 4.98 Å². The van der Waals surface area contributed by atoms with E-state index in [1.807, 2.05) is 18.0 Å². The number of Topliss-reactive ketones (excluding diaryl/α,β-unsaturated/α-hetero) is 1. The maximum Gasteiger partial charge on any atom is 0.159 e. The number of pyridine rings is 1. The molecule has 0 radical (unpaired) electrons. The van der Waals surface area contributed by atoms with Crippen molar-refractivity contribution >= 4 is 11.6 Å². The van der Waals surface area contributed by atoms with Crippen molar-refractivity contribution in [2.45, 2.75) is 13.3 Å². The molecular formula is C12H18N2O2. The van der Waals surface area contributed by atoms with Crippen LogP contribution >= 0.6 is 0 Å². The van der Waals surface area contributed by atoms with Gasteiger partial charge in [0.15, 0.2) is 5.78 Å². The number of methoxy groups -OCH3 is 1. The lowest BCUT2D eigenvalue weighted by Gasteiger charge is -2.18. The molecule has 0 N–H and O–H groups in total. The summed E-state index contributed by atoms with van der Waals surface area (Å²) in [5.74, 6) is 0.887. The number of carbonyl (C=O) groups is 1. The molecule has 0 saturated heterocycles. The number of aromatic nitrogens is 1. The lowest BCUT2D eigenvalue weighted by Crippen LogP contribution is -2.21. The summed E-state index contributed by atoms with van der Waals surface area (Å²) in [4.78, 5) is 17.5. The zero-order valence-corrected chi connectivity index (χ0v) is 10.1. The zero-order valence-electron chi connectivity index (χ0n) is 10.1. The highest BCUT2D eigenvalue weighted by atomic mass is 16.5. The maximum absolute atomic E-state index is 11.2. The molecule has 1 heterocycles. The van der Waals surface area contributed by atoms with Crippen LogP contribution in [0.25, 0.3) is 0 Å². The number of rotatable bonds is 6. The quantitative estimate of drug-likeness (QED) is 0.543. The molecular weight excluding hydrogens is 204 g/mol. The highest BCUT2D eigenvalue weighted by Crippen LogP contribution is 2.11. The average molecular weight is 222 g/mol. The Hall–Kier alpha value is -1.42. The van der Waals surface area contributed by atoms with Gasteiger partial charge in [0.1, 0.15) is 5.82 Å². The molecule has 0 fully saturated rings. The Balaban J connectivity index is 2.64. The Bertz CT molecular complexity index is 353. The second kappa shape index (κ2) is 6.23. The fourth-order valence-electron chi connectivity index (χ4n) is 1.41. The molecule has 4 heteroatoms. The summed E-state index contributed by atoms with van der Waals surface area (Å²) in [5, 5.41) is 0. The Morgan fingerprint density at radius 3 is 2.94 bits per heavy atom. The van der Waals surface area contributed by atoms with Crippen LogP contribution in [0.5, 0.6) is 0 Å². The molecule has 0 aliphatic heterocycles. The SMILES string of the molecule is COCCCN(C)c1cc(C(C)=O)ccn1. The van der Waals surface area contributed by atoms with Gasteiger partial charge in [0.2, 0.25) is 0 Å². The van der Waals surface area contributed by atoms with Gasteiger partial charge in [-0.3, -0.25) is 4.79 Å². The summed E-state index contributed by atoms with van der Waals surface area (Å²) in [7, 11) is 3.65. The van der Waals surface area contributed by atoms with Crippen LogP contribution in [-0.2, 0) is 4.74 Å². The first-order valence-corrected chi connectivity index (χ1v) is 5.32. The Labute approximate surface area is 96.2 Å². The molecule has 1 rings (SSSR count). The standard InChI is InChI=1S/C12H18N2O2/c1-10(15)11-5-6-13-12(9-11)14(2)7-4-8-16-3/h5-6,9H,4,7-8H2,1-3H3. The third-order valence-electron chi connectivity index (χ3n) is 2.39. The molecule has 0 aliphatic rings. The Kier molecular flexibility index (Phi) is 4.92. The van der Waals surface area contributed by atoms with Crippen molar-refractivity contribution in [2.24, 2.45) is 0 Å². The van der Waals surface area contributed by atoms with Gasteiger partial charge in [-0.25, -0.2) is 4.98 Å². The molecule has 16 heavy (non-hydrogen) atoms. The van der Waals surface area contributed by atoms with Crippen molar-refractivity contribution in [3.63, 3.8) is 0 Å². The van der Waals surface area contributed by atoms with Gasteiger partial charge in [-0.15, -0.1) is 0 Å². The van der Waals surface area contributed by atoms with Gasteiger partial charge in [-0.05, 0) is 25.5 Å². The van der Waals surface area contributed by atoms with Crippen LogP contribution in [0.4, 0.5) is 5.82 Å². The van der Waals surface area contributed by atoms with Gasteiger partial charge in [0, 0.05) is 39.1 Å². The maximum atomic E-state index is 11.2. The number of ether oxygens (including phenoxy) is 1. The van der Waals surface area contributed by atoms with Crippen LogP contribution in [0, 0.1) is 0 Å². The molecule has 4 nitrogen and oxygen atoms in total. The smallest absolute Gasteiger partial charge is 0.159 e. The summed E-state index contributed by atoms with van der Waals surface area (Å²) in [6, 6.07) is 3.55. The Morgan fingerprint density at radius 2 is 2.31 bits per heavy atom. The number of carbonyl (C=O) groups excluding carboxylic acids is 1. The molecule has 0 saturated carbocycles. The normalized spacial score (nSPS) is 10.2. The van der Waals surface area contributed by atoms with Gasteiger partial charge in [-0.2, -0.15) is 0 Å². The lowest BCUT2D eigenvalue weighted by atomic mass is 10.2. The van der Waals surface area contributed by atoms with E-state index in [0.717, 1.165) is 25.4 Å². The molecule has 1 aromatic heterocycles. The second-order valence-corrected chi connectivity index (χ2v) is 3.73. The highest BCUT2D eigenvalue weighted by molar-refractivity contribution is 5.94. The van der Waals surface area contributed by atoms with Crippen LogP contribution in [0.15, 0.2) is 18.3 Å². The van der Waals surface area contributed by atoms with E-state index in [4.69, 9.17) is 4.74 Å². The van der Waals surface area contributed by atoms with Crippen molar-refractivity contribution in [3.05, 3.63) is 23.9 Å². The third-order valence-corrected chi connectivity index (χ3v) is 2.39. The minimum atomic E-state index is 0.0638. The summed E-state index contributed by atoms with van der Waals surface area (Å²) in [6.07, 6.45) is 2.61. The fourth-order valence-corrected chi connectivity index (χ4v) is 1.41. The van der Waals surface area contributed by atoms with E-state index in [9.17, 15) is 4.79 Å². The van der Waals surface area contributed by atoms with Gasteiger partial charge in [0.25, 0.3) is 0 Å². The molecule has 0 spiro atoms. The largest absolute Gasteiger partial charge is 0.385 e. The topological polar surface area (TPSA) is 42.4 Å². The molecule has 0 atom stereocenters. The van der Waals surface area contributed by atoms with Crippen molar-refractivity contribution in [1.29, 1.82) is 0 Å². The summed E-state index contributed by atoms with van der Waals surface area (Å²) in [5.41, 5.74) is 0.698. The first-order valence-electron chi connectivity index (χ1n) is 5.32. The van der Waals surface area contributed by atoms with Gasteiger partial charge >= 0.3 is 0 Å². The van der Waals surface area contributed by atoms with Gasteiger partial charge in [-0.1, -0.05) is 0 Å². The minimum Gasteiger partial charge on any atom is -0.385 e. The predicted octanol–water partition coefficient (Wildman–Crippen LogP) is 1.76. The van der Waals surface area contributed by atoms with Crippen LogP contribution < -0.4 is 4.90 Å².